The van der Waals surface area contributed by atoms with Crippen molar-refractivity contribution < 1.29 is 0 Å². The van der Waals surface area contributed by atoms with E-state index in [0.29, 0.717) is 5.92 Å². The molecular weight excluding hydrogens is 96.1 g/mol. The molecule has 0 atom stereocenters. The van der Waals surface area contributed by atoms with Gasteiger partial charge in [0.25, 0.3) is 0 Å². The van der Waals surface area contributed by atoms with Gasteiger partial charge >= 0.3 is 0 Å². The van der Waals surface area contributed by atoms with Crippen molar-refractivity contribution in [1.82, 2.24) is 0 Å². The monoisotopic (exact) mass is 106 g/mol. The van der Waals surface area contributed by atoms with Crippen LogP contribution in [0.2, 0.25) is 0 Å². The summed E-state index contributed by atoms with van der Waals surface area (Å²) in [6.07, 6.45) is 0. The standard InChI is InChI=1S/C8H10/c1-4-5-6-7-8(2)3/h8H,1-3H3. The maximum Gasteiger partial charge on any atom is 0.0156 e. The van der Waals surface area contributed by atoms with Crippen molar-refractivity contribution >= 4 is 0 Å². The van der Waals surface area contributed by atoms with Crippen LogP contribution < -0.4 is 0 Å². The first kappa shape index (κ1) is 7.12. The molecule has 0 aliphatic carbocycles. The van der Waals surface area contributed by atoms with Crippen molar-refractivity contribution in [3.63, 3.8) is 0 Å². The zero-order valence-electron chi connectivity index (χ0n) is 5.58. The Balaban J connectivity index is 3.62. The molecule has 0 aromatic heterocycles. The molecule has 0 heteroatoms. The first-order chi connectivity index (χ1) is 3.77. The highest BCUT2D eigenvalue weighted by Gasteiger charge is 1.77. The van der Waals surface area contributed by atoms with E-state index in [1.807, 2.05) is 13.8 Å². The molecule has 0 rings (SSSR count). The van der Waals surface area contributed by atoms with Crippen LogP contribution in [0, 0.1) is 29.6 Å². The smallest absolute Gasteiger partial charge is 0.0156 e. The Bertz CT molecular complexity index is 154. The molecule has 0 saturated carbocycles. The second-order valence-electron chi connectivity index (χ2n) is 1.80. The summed E-state index contributed by atoms with van der Waals surface area (Å²) in [5.41, 5.74) is 0. The van der Waals surface area contributed by atoms with E-state index in [9.17, 15) is 0 Å². The van der Waals surface area contributed by atoms with E-state index < -0.39 is 0 Å². The van der Waals surface area contributed by atoms with Gasteiger partial charge in [-0.1, -0.05) is 25.7 Å². The van der Waals surface area contributed by atoms with E-state index in [1.54, 1.807) is 6.92 Å². The first-order valence-electron chi connectivity index (χ1n) is 2.69. The molecule has 0 heterocycles. The lowest BCUT2D eigenvalue weighted by Gasteiger charge is -1.81. The summed E-state index contributed by atoms with van der Waals surface area (Å²) < 4.78 is 0. The molecule has 42 valence electrons. The molecule has 0 aromatic rings. The highest BCUT2D eigenvalue weighted by molar-refractivity contribution is 5.25. The second kappa shape index (κ2) is 4.28. The van der Waals surface area contributed by atoms with Crippen LogP contribution in [0.4, 0.5) is 0 Å². The van der Waals surface area contributed by atoms with Crippen LogP contribution >= 0.6 is 0 Å². The predicted octanol–water partition coefficient (Wildman–Crippen LogP) is 1.67. The number of rotatable bonds is 0. The molecule has 0 spiro atoms. The van der Waals surface area contributed by atoms with E-state index >= 15 is 0 Å². The van der Waals surface area contributed by atoms with Crippen LogP contribution in [-0.4, -0.2) is 0 Å². The highest BCUT2D eigenvalue weighted by atomic mass is 13.8. The van der Waals surface area contributed by atoms with E-state index in [4.69, 9.17) is 0 Å². The van der Waals surface area contributed by atoms with Crippen molar-refractivity contribution in [3.8, 4) is 23.7 Å². The molecule has 0 nitrogen and oxygen atoms in total. The topological polar surface area (TPSA) is 0 Å². The second-order valence-corrected chi connectivity index (χ2v) is 1.80. The van der Waals surface area contributed by atoms with Gasteiger partial charge in [-0.05, 0) is 18.8 Å². The van der Waals surface area contributed by atoms with Gasteiger partial charge in [0, 0.05) is 5.92 Å². The van der Waals surface area contributed by atoms with Crippen LogP contribution in [-0.2, 0) is 0 Å². The van der Waals surface area contributed by atoms with E-state index in [1.165, 1.54) is 0 Å². The highest BCUT2D eigenvalue weighted by Crippen LogP contribution is 1.83. The quantitative estimate of drug-likeness (QED) is 0.412. The van der Waals surface area contributed by atoms with Crippen LogP contribution in [0.1, 0.15) is 20.8 Å². The zero-order chi connectivity index (χ0) is 6.41. The SMILES string of the molecule is CC#CC#CC(C)C. The molecule has 8 heavy (non-hydrogen) atoms. The van der Waals surface area contributed by atoms with Crippen LogP contribution in [0.25, 0.3) is 0 Å². The fourth-order valence-electron chi connectivity index (χ4n) is 0.243. The summed E-state index contributed by atoms with van der Waals surface area (Å²) in [6, 6.07) is 0. The lowest BCUT2D eigenvalue weighted by molar-refractivity contribution is 0.867. The summed E-state index contributed by atoms with van der Waals surface area (Å²) in [5, 5.41) is 0. The molecule has 0 aromatic carbocycles. The Morgan fingerprint density at radius 1 is 1.12 bits per heavy atom. The van der Waals surface area contributed by atoms with Crippen molar-refractivity contribution in [3.05, 3.63) is 0 Å². The molecule has 0 aliphatic heterocycles. The van der Waals surface area contributed by atoms with Gasteiger partial charge < -0.3 is 0 Å². The lowest BCUT2D eigenvalue weighted by Crippen LogP contribution is -1.75. The van der Waals surface area contributed by atoms with Gasteiger partial charge in [0.15, 0.2) is 0 Å². The summed E-state index contributed by atoms with van der Waals surface area (Å²) >= 11 is 0. The third kappa shape index (κ3) is 5.12. The summed E-state index contributed by atoms with van der Waals surface area (Å²) in [7, 11) is 0. The zero-order valence-corrected chi connectivity index (χ0v) is 5.58. The van der Waals surface area contributed by atoms with Crippen molar-refractivity contribution in [1.29, 1.82) is 0 Å². The molecular formula is C8H10. The number of hydrogen-bond acceptors (Lipinski definition) is 0. The van der Waals surface area contributed by atoms with Gasteiger partial charge in [0.2, 0.25) is 0 Å². The molecule has 0 unspecified atom stereocenters. The maximum atomic E-state index is 2.92. The summed E-state index contributed by atoms with van der Waals surface area (Å²) in [6.45, 7) is 5.88. The maximum absolute atomic E-state index is 2.92. The van der Waals surface area contributed by atoms with Gasteiger partial charge in [0.05, 0.1) is 0 Å². The van der Waals surface area contributed by atoms with Crippen molar-refractivity contribution in [2.45, 2.75) is 20.8 Å². The average molecular weight is 106 g/mol. The van der Waals surface area contributed by atoms with Crippen LogP contribution in [0.5, 0.6) is 0 Å². The normalized spacial score (nSPS) is 6.50. The fraction of sp³-hybridized carbons (Fsp3) is 0.500. The minimum absolute atomic E-state index is 0.441. The fourth-order valence-corrected chi connectivity index (χ4v) is 0.243. The van der Waals surface area contributed by atoms with Gasteiger partial charge in [-0.3, -0.25) is 0 Å². The Kier molecular flexibility index (Phi) is 3.81. The Hall–Kier alpha value is -0.880. The Morgan fingerprint density at radius 2 is 1.75 bits per heavy atom. The Morgan fingerprint density at radius 3 is 2.12 bits per heavy atom. The first-order valence-corrected chi connectivity index (χ1v) is 2.69. The third-order valence-corrected chi connectivity index (χ3v) is 0.548. The largest absolute Gasteiger partial charge is 0.0925 e. The van der Waals surface area contributed by atoms with Gasteiger partial charge in [0.1, 0.15) is 0 Å². The van der Waals surface area contributed by atoms with Gasteiger partial charge in [-0.15, -0.1) is 0 Å². The summed E-state index contributed by atoms with van der Waals surface area (Å²) in [5.74, 6) is 11.5. The van der Waals surface area contributed by atoms with Crippen LogP contribution in [0.15, 0.2) is 0 Å². The van der Waals surface area contributed by atoms with Crippen molar-refractivity contribution in [2.75, 3.05) is 0 Å². The number of hydrogen-bond donors (Lipinski definition) is 0. The summed E-state index contributed by atoms with van der Waals surface area (Å²) in [4.78, 5) is 0. The molecule has 0 radical (unpaired) electrons. The molecule has 0 fully saturated rings. The molecule has 0 amide bonds. The van der Waals surface area contributed by atoms with Crippen LogP contribution in [0.3, 0.4) is 0 Å². The third-order valence-electron chi connectivity index (χ3n) is 0.548. The minimum Gasteiger partial charge on any atom is -0.0925 e. The minimum atomic E-state index is 0.441. The molecule has 0 aliphatic rings. The molecule has 0 bridgehead atoms. The van der Waals surface area contributed by atoms with E-state index in [-0.39, 0.29) is 0 Å². The van der Waals surface area contributed by atoms with Gasteiger partial charge in [-0.25, -0.2) is 0 Å². The van der Waals surface area contributed by atoms with Crippen molar-refractivity contribution in [2.24, 2.45) is 5.92 Å². The average Bonchev–Trinajstić information content (AvgIpc) is 1.66. The van der Waals surface area contributed by atoms with Gasteiger partial charge in [-0.2, -0.15) is 0 Å². The lowest BCUT2D eigenvalue weighted by atomic mass is 10.2. The Labute approximate surface area is 51.3 Å². The predicted molar refractivity (Wildman–Crippen MR) is 36.1 cm³/mol. The van der Waals surface area contributed by atoms with E-state index in [2.05, 4.69) is 23.7 Å². The van der Waals surface area contributed by atoms with E-state index in [0.717, 1.165) is 0 Å². The molecule has 0 N–H and O–H groups in total. The molecule has 0 saturated heterocycles.